The van der Waals surface area contributed by atoms with Gasteiger partial charge in [-0.05, 0) is 49.6 Å². The number of carbonyl (C=O) groups is 1. The van der Waals surface area contributed by atoms with E-state index in [0.717, 1.165) is 21.3 Å². The smallest absolute Gasteiger partial charge is 0.347 e. The molecule has 0 bridgehead atoms. The molecule has 0 spiro atoms. The number of ether oxygens (including phenoxy) is 1. The maximum atomic E-state index is 12.8. The minimum Gasteiger partial charge on any atom is -0.456 e. The molecule has 1 aromatic heterocycles. The van der Waals surface area contributed by atoms with E-state index in [1.54, 1.807) is 12.1 Å². The van der Waals surface area contributed by atoms with Gasteiger partial charge in [0.05, 0.1) is 11.6 Å². The summed E-state index contributed by atoms with van der Waals surface area (Å²) in [6.45, 7) is 5.46. The topological polar surface area (TPSA) is 86.1 Å². The normalized spacial score (nSPS) is 17.9. The first-order valence-electron chi connectivity index (χ1n) is 10.1. The summed E-state index contributed by atoms with van der Waals surface area (Å²) in [5.41, 5.74) is 1.60. The molecule has 1 heterocycles. The summed E-state index contributed by atoms with van der Waals surface area (Å²) < 4.78 is 7.91. The van der Waals surface area contributed by atoms with Crippen LogP contribution >= 0.6 is 0 Å². The maximum Gasteiger partial charge on any atom is 0.347 e. The van der Waals surface area contributed by atoms with Crippen LogP contribution in [0.25, 0.3) is 6.08 Å². The molecule has 0 unspecified atom stereocenters. The molecule has 4 rings (SSSR count). The van der Waals surface area contributed by atoms with Crippen LogP contribution in [-0.4, -0.2) is 25.9 Å². The van der Waals surface area contributed by atoms with Crippen LogP contribution < -0.4 is 11.4 Å². The number of allylic oxidation sites excluding steroid dienone is 1. The fourth-order valence-corrected chi connectivity index (χ4v) is 3.89. The first kappa shape index (κ1) is 20.7. The molecule has 0 amide bonds. The molecule has 2 atom stereocenters. The first-order valence-corrected chi connectivity index (χ1v) is 10.1. The number of H-pyrrole nitrogens is 1. The van der Waals surface area contributed by atoms with Crippen LogP contribution in [0.1, 0.15) is 59.8 Å². The lowest BCUT2D eigenvalue weighted by Gasteiger charge is -2.30. The predicted molar refractivity (Wildman–Crippen MR) is 118 cm³/mol. The molecular weight excluding hydrogens is 394 g/mol. The summed E-state index contributed by atoms with van der Waals surface area (Å²) in [6, 6.07) is 14.6. The molecular formula is C24H25N3O4. The van der Waals surface area contributed by atoms with Gasteiger partial charge >= 0.3 is 17.3 Å². The number of rotatable bonds is 3. The van der Waals surface area contributed by atoms with Crippen LogP contribution in [0.3, 0.4) is 0 Å². The third-order valence-corrected chi connectivity index (χ3v) is 5.34. The third-order valence-electron chi connectivity index (χ3n) is 5.34. The Kier molecular flexibility index (Phi) is 5.05. The molecule has 7 nitrogen and oxygen atoms in total. The van der Waals surface area contributed by atoms with E-state index in [1.807, 2.05) is 69.3 Å². The minimum atomic E-state index is -0.597. The van der Waals surface area contributed by atoms with E-state index < -0.39 is 29.0 Å². The van der Waals surface area contributed by atoms with Gasteiger partial charge in [-0.1, -0.05) is 48.6 Å². The van der Waals surface area contributed by atoms with E-state index in [0.29, 0.717) is 5.56 Å². The monoisotopic (exact) mass is 419 g/mol. The van der Waals surface area contributed by atoms with Gasteiger partial charge < -0.3 is 4.74 Å². The Hall–Kier alpha value is -3.61. The van der Waals surface area contributed by atoms with Gasteiger partial charge in [-0.15, -0.1) is 0 Å². The second-order valence-corrected chi connectivity index (χ2v) is 8.71. The van der Waals surface area contributed by atoms with Gasteiger partial charge in [-0.25, -0.2) is 28.7 Å². The summed E-state index contributed by atoms with van der Waals surface area (Å²) in [7, 11) is 1.44. The number of hydrogen-bond acceptors (Lipinski definition) is 4. The number of nitrogens with zero attached hydrogens (tertiary/aromatic N) is 2. The molecule has 7 heteroatoms. The average Bonchev–Trinajstić information content (AvgIpc) is 2.99. The van der Waals surface area contributed by atoms with Gasteiger partial charge in [-0.2, -0.15) is 0 Å². The molecule has 1 aliphatic rings. The molecule has 2 aromatic carbocycles. The highest BCUT2D eigenvalue weighted by Gasteiger charge is 2.32. The lowest BCUT2D eigenvalue weighted by atomic mass is 9.80. The van der Waals surface area contributed by atoms with E-state index in [1.165, 1.54) is 11.7 Å². The van der Waals surface area contributed by atoms with E-state index in [9.17, 15) is 14.4 Å². The highest BCUT2D eigenvalue weighted by Crippen LogP contribution is 2.40. The molecule has 0 aliphatic heterocycles. The number of carbonyl (C=O) groups excluding carboxylic acids is 1. The number of hydrogen-bond donors (Lipinski definition) is 1. The Labute approximate surface area is 179 Å². The predicted octanol–water partition coefficient (Wildman–Crippen LogP) is 3.23. The molecule has 160 valence electrons. The quantitative estimate of drug-likeness (QED) is 0.661. The second kappa shape index (κ2) is 7.58. The van der Waals surface area contributed by atoms with Crippen molar-refractivity contribution in [1.82, 2.24) is 14.3 Å². The lowest BCUT2D eigenvalue weighted by molar-refractivity contribution is 0.00694. The van der Waals surface area contributed by atoms with Crippen LogP contribution in [0.15, 0.2) is 64.2 Å². The van der Waals surface area contributed by atoms with E-state index in [-0.39, 0.29) is 5.92 Å². The Morgan fingerprint density at radius 3 is 2.39 bits per heavy atom. The Bertz CT molecular complexity index is 1270. The van der Waals surface area contributed by atoms with Crippen molar-refractivity contribution >= 4 is 12.0 Å². The summed E-state index contributed by atoms with van der Waals surface area (Å²) in [5, 5.41) is 2.68. The Morgan fingerprint density at radius 2 is 1.77 bits per heavy atom. The van der Waals surface area contributed by atoms with Crippen LogP contribution in [0, 0.1) is 0 Å². The van der Waals surface area contributed by atoms with Crippen molar-refractivity contribution in [3.05, 3.63) is 97.8 Å². The van der Waals surface area contributed by atoms with Gasteiger partial charge in [0.25, 0.3) is 0 Å². The largest absolute Gasteiger partial charge is 0.456 e. The summed E-state index contributed by atoms with van der Waals surface area (Å²) >= 11 is 0. The van der Waals surface area contributed by atoms with Gasteiger partial charge in [0.1, 0.15) is 5.60 Å². The number of aromatic nitrogens is 3. The highest BCUT2D eigenvalue weighted by atomic mass is 16.6. The van der Waals surface area contributed by atoms with Gasteiger partial charge in [-0.3, -0.25) is 0 Å². The van der Waals surface area contributed by atoms with Gasteiger partial charge in [0, 0.05) is 13.0 Å². The molecule has 0 saturated heterocycles. The number of aromatic amines is 1. The summed E-state index contributed by atoms with van der Waals surface area (Å²) in [5.74, 6) is -0.576. The maximum absolute atomic E-state index is 12.8. The molecule has 31 heavy (non-hydrogen) atoms. The molecule has 0 radical (unpaired) electrons. The van der Waals surface area contributed by atoms with Crippen LogP contribution in [0.5, 0.6) is 0 Å². The van der Waals surface area contributed by atoms with Crippen LogP contribution in [0.4, 0.5) is 0 Å². The Morgan fingerprint density at radius 1 is 1.06 bits per heavy atom. The summed E-state index contributed by atoms with van der Waals surface area (Å²) in [4.78, 5) is 37.5. The zero-order valence-corrected chi connectivity index (χ0v) is 18.0. The number of fused-ring (bicyclic) bond motifs is 1. The lowest BCUT2D eigenvalue weighted by Crippen LogP contribution is -2.32. The van der Waals surface area contributed by atoms with Crippen molar-refractivity contribution in [3.8, 4) is 0 Å². The molecule has 1 aliphatic carbocycles. The number of benzene rings is 2. The van der Waals surface area contributed by atoms with Crippen molar-refractivity contribution < 1.29 is 9.53 Å². The zero-order valence-electron chi connectivity index (χ0n) is 18.0. The molecule has 0 saturated carbocycles. The second-order valence-electron chi connectivity index (χ2n) is 8.71. The van der Waals surface area contributed by atoms with Crippen molar-refractivity contribution in [2.75, 3.05) is 0 Å². The van der Waals surface area contributed by atoms with Crippen molar-refractivity contribution in [1.29, 1.82) is 0 Å². The SMILES string of the molecule is Cn1c(=O)[nH]n([C@H]2c3ccc(C(=O)OC(C)(C)C)cc3C=C[C@@H]2c2ccccc2)c1=O. The van der Waals surface area contributed by atoms with Crippen LogP contribution in [-0.2, 0) is 11.8 Å². The van der Waals surface area contributed by atoms with E-state index in [4.69, 9.17) is 4.74 Å². The highest BCUT2D eigenvalue weighted by molar-refractivity contribution is 5.90. The van der Waals surface area contributed by atoms with Crippen molar-refractivity contribution in [2.24, 2.45) is 7.05 Å². The van der Waals surface area contributed by atoms with E-state index >= 15 is 0 Å². The van der Waals surface area contributed by atoms with Crippen molar-refractivity contribution in [2.45, 2.75) is 38.3 Å². The average molecular weight is 419 g/mol. The zero-order chi connectivity index (χ0) is 22.3. The fraction of sp³-hybridized carbons (Fsp3) is 0.292. The fourth-order valence-electron chi connectivity index (χ4n) is 3.89. The van der Waals surface area contributed by atoms with E-state index in [2.05, 4.69) is 5.10 Å². The molecule has 0 fully saturated rings. The van der Waals surface area contributed by atoms with Gasteiger partial charge in [0.15, 0.2) is 0 Å². The third kappa shape index (κ3) is 3.91. The summed E-state index contributed by atoms with van der Waals surface area (Å²) in [6.07, 6.45) is 3.95. The molecule has 1 N–H and O–H groups in total. The number of esters is 1. The first-order chi connectivity index (χ1) is 14.7. The van der Waals surface area contributed by atoms with Gasteiger partial charge in [0.2, 0.25) is 0 Å². The standard InChI is InChI=1S/C24H25N3O4/c1-24(2,3)31-21(28)17-11-13-19-16(14-17)10-12-18(15-8-6-5-7-9-15)20(19)27-23(30)26(4)22(29)25-27/h5-14,18,20H,1-4H3,(H,25,29)/t18-,20-/m1/s1. The van der Waals surface area contributed by atoms with Crippen LogP contribution in [0.2, 0.25) is 0 Å². The minimum absolute atomic E-state index is 0.170. The molecule has 3 aromatic rings. The van der Waals surface area contributed by atoms with Crippen molar-refractivity contribution in [3.63, 3.8) is 0 Å². The number of nitrogens with one attached hydrogen (secondary N) is 1. The Balaban J connectivity index is 1.85.